The lowest BCUT2D eigenvalue weighted by atomic mass is 10.1. The van der Waals surface area contributed by atoms with Gasteiger partial charge in [0.25, 0.3) is 5.91 Å². The SMILES string of the molecule is O=C(c1nccc2ccccc12)N1CCC(F)(C(=O)O)C1. The minimum absolute atomic E-state index is 0.0759. The largest absolute Gasteiger partial charge is 0.479 e. The molecular formula is C15H13FN2O3. The fraction of sp³-hybridized carbons (Fsp3) is 0.267. The summed E-state index contributed by atoms with van der Waals surface area (Å²) >= 11 is 0. The number of alkyl halides is 1. The van der Waals surface area contributed by atoms with Crippen molar-refractivity contribution >= 4 is 22.6 Å². The molecular weight excluding hydrogens is 275 g/mol. The van der Waals surface area contributed by atoms with Crippen LogP contribution in [0.2, 0.25) is 0 Å². The average Bonchev–Trinajstić information content (AvgIpc) is 2.90. The molecule has 2 aromatic rings. The van der Waals surface area contributed by atoms with Gasteiger partial charge in [-0.2, -0.15) is 0 Å². The van der Waals surface area contributed by atoms with Gasteiger partial charge in [0.2, 0.25) is 5.67 Å². The first-order valence-electron chi connectivity index (χ1n) is 6.57. The number of hydrogen-bond acceptors (Lipinski definition) is 3. The zero-order valence-electron chi connectivity index (χ0n) is 11.1. The van der Waals surface area contributed by atoms with Crippen molar-refractivity contribution in [1.29, 1.82) is 0 Å². The zero-order valence-corrected chi connectivity index (χ0v) is 11.1. The standard InChI is InChI=1S/C15H13FN2O3/c16-15(14(20)21)6-8-18(9-15)13(19)12-11-4-2-1-3-10(11)5-7-17-12/h1-5,7H,6,8-9H2,(H,20,21). The van der Waals surface area contributed by atoms with Gasteiger partial charge in [0.15, 0.2) is 0 Å². The molecule has 1 amide bonds. The van der Waals surface area contributed by atoms with Crippen LogP contribution in [-0.2, 0) is 4.79 Å². The summed E-state index contributed by atoms with van der Waals surface area (Å²) in [7, 11) is 0. The first-order valence-corrected chi connectivity index (χ1v) is 6.57. The molecule has 21 heavy (non-hydrogen) atoms. The Kier molecular flexibility index (Phi) is 3.08. The molecule has 0 bridgehead atoms. The number of hydrogen-bond donors (Lipinski definition) is 1. The number of carbonyl (C=O) groups is 2. The van der Waals surface area contributed by atoms with Crippen LogP contribution in [0.3, 0.4) is 0 Å². The number of rotatable bonds is 2. The van der Waals surface area contributed by atoms with Crippen LogP contribution in [0.15, 0.2) is 36.5 Å². The fourth-order valence-corrected chi connectivity index (χ4v) is 2.56. The van der Waals surface area contributed by atoms with Crippen molar-refractivity contribution in [1.82, 2.24) is 9.88 Å². The highest BCUT2D eigenvalue weighted by Gasteiger charge is 2.47. The second-order valence-electron chi connectivity index (χ2n) is 5.13. The van der Waals surface area contributed by atoms with E-state index in [0.717, 1.165) is 5.39 Å². The van der Waals surface area contributed by atoms with Gasteiger partial charge in [-0.25, -0.2) is 9.18 Å². The van der Waals surface area contributed by atoms with Crippen LogP contribution in [0.25, 0.3) is 10.8 Å². The van der Waals surface area contributed by atoms with Crippen molar-refractivity contribution in [3.63, 3.8) is 0 Å². The van der Waals surface area contributed by atoms with Crippen molar-refractivity contribution in [2.45, 2.75) is 12.1 Å². The predicted molar refractivity (Wildman–Crippen MR) is 73.7 cm³/mol. The lowest BCUT2D eigenvalue weighted by Crippen LogP contribution is -2.39. The van der Waals surface area contributed by atoms with E-state index >= 15 is 0 Å². The number of carboxylic acids is 1. The molecule has 0 saturated carbocycles. The van der Waals surface area contributed by atoms with E-state index in [4.69, 9.17) is 5.11 Å². The molecule has 1 aromatic heterocycles. The highest BCUT2D eigenvalue weighted by molar-refractivity contribution is 6.05. The van der Waals surface area contributed by atoms with Crippen LogP contribution < -0.4 is 0 Å². The topological polar surface area (TPSA) is 70.5 Å². The summed E-state index contributed by atoms with van der Waals surface area (Å²) in [6.45, 7) is -0.362. The van der Waals surface area contributed by atoms with E-state index < -0.39 is 24.1 Å². The van der Waals surface area contributed by atoms with E-state index in [0.29, 0.717) is 5.39 Å². The molecule has 6 heteroatoms. The maximum atomic E-state index is 14.1. The summed E-state index contributed by atoms with van der Waals surface area (Å²) in [5.74, 6) is -1.96. The summed E-state index contributed by atoms with van der Waals surface area (Å²) in [6, 6.07) is 9.05. The maximum Gasteiger partial charge on any atom is 0.343 e. The summed E-state index contributed by atoms with van der Waals surface area (Å²) in [4.78, 5) is 28.7. The molecule has 1 N–H and O–H groups in total. The zero-order chi connectivity index (χ0) is 15.0. The molecule has 0 spiro atoms. The Labute approximate surface area is 120 Å². The Balaban J connectivity index is 1.94. The number of nitrogens with zero attached hydrogens (tertiary/aromatic N) is 2. The molecule has 1 aromatic carbocycles. The molecule has 1 aliphatic heterocycles. The number of fused-ring (bicyclic) bond motifs is 1. The van der Waals surface area contributed by atoms with E-state index in [1.54, 1.807) is 18.2 Å². The smallest absolute Gasteiger partial charge is 0.343 e. The molecule has 0 radical (unpaired) electrons. The first kappa shape index (κ1) is 13.5. The number of pyridine rings is 1. The van der Waals surface area contributed by atoms with E-state index in [9.17, 15) is 14.0 Å². The highest BCUT2D eigenvalue weighted by atomic mass is 19.1. The van der Waals surface area contributed by atoms with Crippen molar-refractivity contribution in [2.24, 2.45) is 0 Å². The molecule has 5 nitrogen and oxygen atoms in total. The third-order valence-corrected chi connectivity index (χ3v) is 3.77. The summed E-state index contributed by atoms with van der Waals surface area (Å²) < 4.78 is 14.1. The van der Waals surface area contributed by atoms with E-state index in [1.807, 2.05) is 12.1 Å². The van der Waals surface area contributed by atoms with Gasteiger partial charge in [0, 0.05) is 24.5 Å². The Morgan fingerprint density at radius 3 is 2.76 bits per heavy atom. The predicted octanol–water partition coefficient (Wildman–Crippen LogP) is 1.87. The van der Waals surface area contributed by atoms with E-state index in [2.05, 4.69) is 4.98 Å². The van der Waals surface area contributed by atoms with Gasteiger partial charge in [-0.15, -0.1) is 0 Å². The van der Waals surface area contributed by atoms with Crippen molar-refractivity contribution in [3.8, 4) is 0 Å². The average molecular weight is 288 g/mol. The number of carboxylic acid groups (broad SMARTS) is 1. The summed E-state index contributed by atoms with van der Waals surface area (Å²) in [5, 5.41) is 10.4. The number of benzene rings is 1. The van der Waals surface area contributed by atoms with Crippen molar-refractivity contribution < 1.29 is 19.1 Å². The number of amides is 1. The molecule has 3 rings (SSSR count). The lowest BCUT2D eigenvalue weighted by molar-refractivity contribution is -0.149. The van der Waals surface area contributed by atoms with Gasteiger partial charge in [0.05, 0.1) is 6.54 Å². The highest BCUT2D eigenvalue weighted by Crippen LogP contribution is 2.28. The summed E-state index contributed by atoms with van der Waals surface area (Å²) in [5.41, 5.74) is -2.14. The van der Waals surface area contributed by atoms with Crippen LogP contribution in [0.1, 0.15) is 16.9 Å². The normalized spacial score (nSPS) is 21.7. The number of aliphatic carboxylic acids is 1. The third kappa shape index (κ3) is 2.22. The van der Waals surface area contributed by atoms with Crippen molar-refractivity contribution in [3.05, 3.63) is 42.2 Å². The lowest BCUT2D eigenvalue weighted by Gasteiger charge is -2.18. The minimum Gasteiger partial charge on any atom is -0.479 e. The first-order chi connectivity index (χ1) is 10.0. The second-order valence-corrected chi connectivity index (χ2v) is 5.13. The van der Waals surface area contributed by atoms with E-state index in [1.165, 1.54) is 11.1 Å². The van der Waals surface area contributed by atoms with Gasteiger partial charge in [0.1, 0.15) is 5.69 Å². The number of carbonyl (C=O) groups excluding carboxylic acids is 1. The minimum atomic E-state index is -2.36. The molecule has 1 aliphatic rings. The van der Waals surface area contributed by atoms with E-state index in [-0.39, 0.29) is 18.7 Å². The molecule has 1 saturated heterocycles. The van der Waals surface area contributed by atoms with Gasteiger partial charge < -0.3 is 10.0 Å². The molecule has 0 aliphatic carbocycles. The van der Waals surface area contributed by atoms with Gasteiger partial charge in [-0.3, -0.25) is 9.78 Å². The number of aromatic nitrogens is 1. The summed E-state index contributed by atoms with van der Waals surface area (Å²) in [6.07, 6.45) is 1.32. The van der Waals surface area contributed by atoms with Gasteiger partial charge in [-0.1, -0.05) is 24.3 Å². The van der Waals surface area contributed by atoms with Crippen LogP contribution in [-0.4, -0.2) is 45.6 Å². The molecule has 1 fully saturated rings. The Hall–Kier alpha value is -2.50. The fourth-order valence-electron chi connectivity index (χ4n) is 2.56. The Bertz CT molecular complexity index is 728. The van der Waals surface area contributed by atoms with Crippen LogP contribution in [0.4, 0.5) is 4.39 Å². The number of halogens is 1. The quantitative estimate of drug-likeness (QED) is 0.916. The Morgan fingerprint density at radius 1 is 1.29 bits per heavy atom. The van der Waals surface area contributed by atoms with Crippen LogP contribution in [0.5, 0.6) is 0 Å². The monoisotopic (exact) mass is 288 g/mol. The van der Waals surface area contributed by atoms with Crippen LogP contribution >= 0.6 is 0 Å². The maximum absolute atomic E-state index is 14.1. The van der Waals surface area contributed by atoms with Gasteiger partial charge in [-0.05, 0) is 11.5 Å². The molecule has 108 valence electrons. The molecule has 1 unspecified atom stereocenters. The second kappa shape index (κ2) is 4.80. The molecule has 2 heterocycles. The Morgan fingerprint density at radius 2 is 2.05 bits per heavy atom. The van der Waals surface area contributed by atoms with Gasteiger partial charge >= 0.3 is 5.97 Å². The third-order valence-electron chi connectivity index (χ3n) is 3.77. The van der Waals surface area contributed by atoms with Crippen LogP contribution in [0, 0.1) is 0 Å². The van der Waals surface area contributed by atoms with Crippen molar-refractivity contribution in [2.75, 3.05) is 13.1 Å². The molecule has 1 atom stereocenters. The number of likely N-dealkylation sites (tertiary alicyclic amines) is 1.